The second-order valence-corrected chi connectivity index (χ2v) is 6.01. The van der Waals surface area contributed by atoms with Gasteiger partial charge in [-0.05, 0) is 47.9 Å². The zero-order chi connectivity index (χ0) is 18.0. The summed E-state index contributed by atoms with van der Waals surface area (Å²) in [4.78, 5) is 11.8. The number of aromatic nitrogens is 2. The summed E-state index contributed by atoms with van der Waals surface area (Å²) >= 11 is 0. The van der Waals surface area contributed by atoms with Crippen molar-refractivity contribution in [3.05, 3.63) is 71.4 Å². The third-order valence-corrected chi connectivity index (χ3v) is 3.96. The Balaban J connectivity index is 2.33. The van der Waals surface area contributed by atoms with Crippen LogP contribution in [0, 0.1) is 11.6 Å². The van der Waals surface area contributed by atoms with Gasteiger partial charge in [-0.1, -0.05) is 26.0 Å². The molecule has 3 rings (SSSR count). The second kappa shape index (κ2) is 6.89. The molecule has 3 nitrogen and oxygen atoms in total. The molecule has 0 spiro atoms. The van der Waals surface area contributed by atoms with Gasteiger partial charge in [-0.25, -0.2) is 8.78 Å². The molecule has 0 aliphatic heterocycles. The van der Waals surface area contributed by atoms with Crippen molar-refractivity contribution in [3.8, 4) is 22.4 Å². The molecule has 25 heavy (non-hydrogen) atoms. The maximum atomic E-state index is 13.3. The van der Waals surface area contributed by atoms with Crippen molar-refractivity contribution in [3.63, 3.8) is 0 Å². The van der Waals surface area contributed by atoms with Gasteiger partial charge in [0.05, 0.1) is 5.69 Å². The van der Waals surface area contributed by atoms with Crippen LogP contribution in [0.5, 0.6) is 0 Å². The zero-order valence-corrected chi connectivity index (χ0v) is 13.8. The quantitative estimate of drug-likeness (QED) is 0.627. The zero-order valence-electron chi connectivity index (χ0n) is 13.8. The van der Waals surface area contributed by atoms with E-state index in [1.165, 1.54) is 24.3 Å². The molecule has 0 fully saturated rings. The molecule has 0 aliphatic carbocycles. The minimum Gasteiger partial charge on any atom is -0.298 e. The van der Waals surface area contributed by atoms with E-state index in [0.29, 0.717) is 33.6 Å². The van der Waals surface area contributed by atoms with Crippen molar-refractivity contribution >= 4 is 6.29 Å². The van der Waals surface area contributed by atoms with Crippen LogP contribution < -0.4 is 0 Å². The third kappa shape index (κ3) is 3.31. The minimum atomic E-state index is -0.370. The van der Waals surface area contributed by atoms with Crippen LogP contribution in [-0.2, 0) is 0 Å². The first-order valence-electron chi connectivity index (χ1n) is 7.89. The SMILES string of the molecule is CC(C)c1nnc(-c2ccc(F)cc2)c(-c2ccc(F)cc2)c1C=O. The monoisotopic (exact) mass is 338 g/mol. The van der Waals surface area contributed by atoms with Crippen LogP contribution in [0.1, 0.15) is 35.8 Å². The van der Waals surface area contributed by atoms with E-state index in [1.807, 2.05) is 13.8 Å². The first-order valence-corrected chi connectivity index (χ1v) is 7.89. The lowest BCUT2D eigenvalue weighted by Gasteiger charge is -2.16. The molecule has 0 radical (unpaired) electrons. The van der Waals surface area contributed by atoms with E-state index >= 15 is 0 Å². The Morgan fingerprint density at radius 3 is 1.84 bits per heavy atom. The Labute approximate surface area is 144 Å². The van der Waals surface area contributed by atoms with E-state index < -0.39 is 0 Å². The lowest BCUT2D eigenvalue weighted by Crippen LogP contribution is -2.07. The molecule has 0 amide bonds. The van der Waals surface area contributed by atoms with Gasteiger partial charge < -0.3 is 0 Å². The third-order valence-electron chi connectivity index (χ3n) is 3.96. The van der Waals surface area contributed by atoms with Gasteiger partial charge in [0.1, 0.15) is 17.3 Å². The predicted molar refractivity (Wildman–Crippen MR) is 92.3 cm³/mol. The summed E-state index contributed by atoms with van der Waals surface area (Å²) in [6, 6.07) is 11.6. The highest BCUT2D eigenvalue weighted by Gasteiger charge is 2.20. The number of benzene rings is 2. The van der Waals surface area contributed by atoms with Crippen molar-refractivity contribution in [1.29, 1.82) is 0 Å². The van der Waals surface area contributed by atoms with E-state index in [-0.39, 0.29) is 17.6 Å². The largest absolute Gasteiger partial charge is 0.298 e. The van der Waals surface area contributed by atoms with Crippen LogP contribution >= 0.6 is 0 Å². The lowest BCUT2D eigenvalue weighted by atomic mass is 9.92. The van der Waals surface area contributed by atoms with E-state index in [2.05, 4.69) is 10.2 Å². The first kappa shape index (κ1) is 16.9. The number of aldehydes is 1. The molecule has 0 saturated heterocycles. The highest BCUT2D eigenvalue weighted by molar-refractivity contribution is 5.95. The molecule has 0 saturated carbocycles. The molecule has 0 aliphatic rings. The lowest BCUT2D eigenvalue weighted by molar-refractivity contribution is 0.112. The Bertz CT molecular complexity index is 904. The van der Waals surface area contributed by atoms with Crippen molar-refractivity contribution in [2.45, 2.75) is 19.8 Å². The molecule has 3 aromatic rings. The molecular formula is C20H16F2N2O. The van der Waals surface area contributed by atoms with Crippen molar-refractivity contribution < 1.29 is 13.6 Å². The molecule has 0 bridgehead atoms. The fourth-order valence-corrected chi connectivity index (χ4v) is 2.73. The van der Waals surface area contributed by atoms with Gasteiger partial charge in [0.15, 0.2) is 6.29 Å². The van der Waals surface area contributed by atoms with Crippen molar-refractivity contribution in [2.24, 2.45) is 0 Å². The maximum Gasteiger partial charge on any atom is 0.152 e. The number of carbonyl (C=O) groups excluding carboxylic acids is 1. The van der Waals surface area contributed by atoms with Crippen molar-refractivity contribution in [2.75, 3.05) is 0 Å². The second-order valence-electron chi connectivity index (χ2n) is 6.01. The van der Waals surface area contributed by atoms with Gasteiger partial charge in [-0.2, -0.15) is 5.10 Å². The number of hydrogen-bond acceptors (Lipinski definition) is 3. The average molecular weight is 338 g/mol. The Morgan fingerprint density at radius 1 is 0.840 bits per heavy atom. The Hall–Kier alpha value is -2.95. The number of hydrogen-bond donors (Lipinski definition) is 0. The van der Waals surface area contributed by atoms with E-state index in [0.717, 1.165) is 6.29 Å². The molecular weight excluding hydrogens is 322 g/mol. The highest BCUT2D eigenvalue weighted by Crippen LogP contribution is 2.35. The standard InChI is InChI=1S/C20H16F2N2O/c1-12(2)19-17(11-25)18(13-3-7-15(21)8-4-13)20(24-23-19)14-5-9-16(22)10-6-14/h3-12H,1-2H3. The van der Waals surface area contributed by atoms with Crippen LogP contribution in [0.4, 0.5) is 8.78 Å². The summed E-state index contributed by atoms with van der Waals surface area (Å²) in [6.07, 6.45) is 0.746. The van der Waals surface area contributed by atoms with Gasteiger partial charge in [0.25, 0.3) is 0 Å². The molecule has 5 heteroatoms. The highest BCUT2D eigenvalue weighted by atomic mass is 19.1. The summed E-state index contributed by atoms with van der Waals surface area (Å²) in [5.74, 6) is -0.741. The fraction of sp³-hybridized carbons (Fsp3) is 0.150. The molecule has 1 heterocycles. The average Bonchev–Trinajstić information content (AvgIpc) is 2.62. The van der Waals surface area contributed by atoms with Gasteiger partial charge in [-0.3, -0.25) is 4.79 Å². The van der Waals surface area contributed by atoms with Crippen LogP contribution in [-0.4, -0.2) is 16.5 Å². The molecule has 0 atom stereocenters. The van der Waals surface area contributed by atoms with Gasteiger partial charge in [0.2, 0.25) is 0 Å². The normalized spacial score (nSPS) is 10.9. The molecule has 1 aromatic heterocycles. The smallest absolute Gasteiger partial charge is 0.152 e. The maximum absolute atomic E-state index is 13.3. The summed E-state index contributed by atoms with van der Waals surface area (Å²) in [6.45, 7) is 3.84. The number of rotatable bonds is 4. The van der Waals surface area contributed by atoms with E-state index in [9.17, 15) is 13.6 Å². The number of halogens is 2. The molecule has 126 valence electrons. The molecule has 0 unspecified atom stereocenters. The minimum absolute atomic E-state index is 0.00540. The van der Waals surface area contributed by atoms with Crippen molar-refractivity contribution in [1.82, 2.24) is 10.2 Å². The summed E-state index contributed by atoms with van der Waals surface area (Å²) in [5.41, 5.74) is 3.29. The first-order chi connectivity index (χ1) is 12.0. The summed E-state index contributed by atoms with van der Waals surface area (Å²) in [5, 5.41) is 8.48. The van der Waals surface area contributed by atoms with E-state index in [1.54, 1.807) is 24.3 Å². The Morgan fingerprint density at radius 2 is 1.36 bits per heavy atom. The Kier molecular flexibility index (Phi) is 4.65. The number of nitrogens with zero attached hydrogens (tertiary/aromatic N) is 2. The van der Waals surface area contributed by atoms with Gasteiger partial charge >= 0.3 is 0 Å². The van der Waals surface area contributed by atoms with Crippen LogP contribution in [0.2, 0.25) is 0 Å². The molecule has 2 aromatic carbocycles. The van der Waals surface area contributed by atoms with Crippen LogP contribution in [0.3, 0.4) is 0 Å². The van der Waals surface area contributed by atoms with Gasteiger partial charge in [0, 0.05) is 16.7 Å². The van der Waals surface area contributed by atoms with E-state index in [4.69, 9.17) is 0 Å². The number of carbonyl (C=O) groups is 1. The summed E-state index contributed by atoms with van der Waals surface area (Å²) in [7, 11) is 0. The van der Waals surface area contributed by atoms with Gasteiger partial charge in [-0.15, -0.1) is 5.10 Å². The molecule has 0 N–H and O–H groups in total. The topological polar surface area (TPSA) is 42.9 Å². The summed E-state index contributed by atoms with van der Waals surface area (Å²) < 4.78 is 26.6. The van der Waals surface area contributed by atoms with Crippen LogP contribution in [0.25, 0.3) is 22.4 Å². The predicted octanol–water partition coefficient (Wildman–Crippen LogP) is 5.02. The van der Waals surface area contributed by atoms with Crippen LogP contribution in [0.15, 0.2) is 48.5 Å². The fourth-order valence-electron chi connectivity index (χ4n) is 2.73.